The van der Waals surface area contributed by atoms with Crippen LogP contribution in [-0.2, 0) is 11.2 Å². The Morgan fingerprint density at radius 2 is 2.10 bits per heavy atom. The Kier molecular flexibility index (Phi) is 5.54. The van der Waals surface area contributed by atoms with Crippen LogP contribution in [0, 0.1) is 5.92 Å². The molecule has 3 nitrogen and oxygen atoms in total. The van der Waals surface area contributed by atoms with Gasteiger partial charge in [-0.2, -0.15) is 0 Å². The highest BCUT2D eigenvalue weighted by molar-refractivity contribution is 5.99. The van der Waals surface area contributed by atoms with Gasteiger partial charge in [0.05, 0.1) is 0 Å². The number of carbonyl (C=O) groups is 2. The van der Waals surface area contributed by atoms with Crippen molar-refractivity contribution in [2.45, 2.75) is 58.8 Å². The third-order valence-electron chi connectivity index (χ3n) is 4.28. The van der Waals surface area contributed by atoms with Gasteiger partial charge in [-0.1, -0.05) is 26.7 Å². The summed E-state index contributed by atoms with van der Waals surface area (Å²) in [6, 6.07) is 5.73. The summed E-state index contributed by atoms with van der Waals surface area (Å²) in [4.78, 5) is 24.2. The molecule has 1 N–H and O–H groups in total. The fourth-order valence-corrected chi connectivity index (χ4v) is 2.93. The largest absolute Gasteiger partial charge is 0.326 e. The lowest BCUT2D eigenvalue weighted by Gasteiger charge is -2.15. The van der Waals surface area contributed by atoms with E-state index in [1.807, 2.05) is 18.2 Å². The molecule has 0 fully saturated rings. The van der Waals surface area contributed by atoms with E-state index in [1.165, 1.54) is 0 Å². The quantitative estimate of drug-likeness (QED) is 0.790. The maximum absolute atomic E-state index is 12.6. The molecule has 0 aliphatic carbocycles. The van der Waals surface area contributed by atoms with Gasteiger partial charge < -0.3 is 5.32 Å². The molecule has 1 unspecified atom stereocenters. The topological polar surface area (TPSA) is 46.2 Å². The number of nitrogens with one attached hydrogen (secondary N) is 1. The molecule has 1 aliphatic heterocycles. The molecule has 21 heavy (non-hydrogen) atoms. The zero-order valence-corrected chi connectivity index (χ0v) is 13.1. The number of fused-ring (bicyclic) bond motifs is 1. The summed E-state index contributed by atoms with van der Waals surface area (Å²) in [6.07, 6.45) is 6.37. The molecule has 0 spiro atoms. The van der Waals surface area contributed by atoms with Crippen LogP contribution in [0.15, 0.2) is 18.2 Å². The van der Waals surface area contributed by atoms with Crippen molar-refractivity contribution >= 4 is 17.4 Å². The molecule has 1 atom stereocenters. The zero-order valence-electron chi connectivity index (χ0n) is 13.1. The van der Waals surface area contributed by atoms with Gasteiger partial charge in [-0.05, 0) is 49.4 Å². The third kappa shape index (κ3) is 3.93. The number of Topliss-reactive ketones (excluding diaryl/α,β-unsaturated/α-hetero) is 1. The molecular weight excluding hydrogens is 262 g/mol. The molecule has 0 bridgehead atoms. The average Bonchev–Trinajstić information content (AvgIpc) is 2.67. The van der Waals surface area contributed by atoms with Crippen LogP contribution >= 0.6 is 0 Å². The number of hydrogen-bond donors (Lipinski definition) is 1. The molecule has 0 saturated heterocycles. The number of anilines is 1. The number of rotatable bonds is 6. The van der Waals surface area contributed by atoms with Crippen molar-refractivity contribution in [3.63, 3.8) is 0 Å². The van der Waals surface area contributed by atoms with E-state index in [1.54, 1.807) is 0 Å². The molecular formula is C18H25NO2. The van der Waals surface area contributed by atoms with Gasteiger partial charge in [-0.3, -0.25) is 9.59 Å². The van der Waals surface area contributed by atoms with Crippen LogP contribution < -0.4 is 5.32 Å². The highest BCUT2D eigenvalue weighted by atomic mass is 16.1. The van der Waals surface area contributed by atoms with Gasteiger partial charge in [0, 0.05) is 23.6 Å². The average molecular weight is 287 g/mol. The zero-order chi connectivity index (χ0) is 15.2. The highest BCUT2D eigenvalue weighted by Gasteiger charge is 2.20. The molecule has 1 amide bonds. The third-order valence-corrected chi connectivity index (χ3v) is 4.28. The van der Waals surface area contributed by atoms with Crippen molar-refractivity contribution in [3.05, 3.63) is 29.3 Å². The number of hydrogen-bond acceptors (Lipinski definition) is 2. The van der Waals surface area contributed by atoms with E-state index in [0.29, 0.717) is 6.42 Å². The molecule has 1 aliphatic rings. The van der Waals surface area contributed by atoms with Crippen LogP contribution in [0.25, 0.3) is 0 Å². The Bertz CT molecular complexity index is 522. The lowest BCUT2D eigenvalue weighted by molar-refractivity contribution is -0.116. The van der Waals surface area contributed by atoms with E-state index < -0.39 is 0 Å². The first kappa shape index (κ1) is 15.7. The van der Waals surface area contributed by atoms with Crippen LogP contribution in [0.4, 0.5) is 5.69 Å². The predicted octanol–water partition coefficient (Wildman–Crippen LogP) is 4.36. The second-order valence-corrected chi connectivity index (χ2v) is 5.89. The van der Waals surface area contributed by atoms with E-state index in [-0.39, 0.29) is 17.6 Å². The number of aryl methyl sites for hydroxylation is 1. The van der Waals surface area contributed by atoms with Crippen molar-refractivity contribution in [3.8, 4) is 0 Å². The van der Waals surface area contributed by atoms with Crippen LogP contribution in [0.3, 0.4) is 0 Å². The monoisotopic (exact) mass is 287 g/mol. The lowest BCUT2D eigenvalue weighted by Crippen LogP contribution is -2.15. The van der Waals surface area contributed by atoms with Crippen molar-refractivity contribution < 1.29 is 9.59 Å². The number of unbranched alkanes of at least 4 members (excludes halogenated alkanes) is 1. The van der Waals surface area contributed by atoms with Crippen molar-refractivity contribution in [2.75, 3.05) is 5.32 Å². The summed E-state index contributed by atoms with van der Waals surface area (Å²) >= 11 is 0. The predicted molar refractivity (Wildman–Crippen MR) is 85.6 cm³/mol. The van der Waals surface area contributed by atoms with E-state index in [2.05, 4.69) is 19.2 Å². The first-order valence-electron chi connectivity index (χ1n) is 8.12. The Hall–Kier alpha value is -1.64. The fourth-order valence-electron chi connectivity index (χ4n) is 2.93. The number of benzene rings is 1. The van der Waals surface area contributed by atoms with E-state index in [0.717, 1.165) is 55.3 Å². The van der Waals surface area contributed by atoms with Crippen LogP contribution in [-0.4, -0.2) is 11.7 Å². The van der Waals surface area contributed by atoms with Crippen molar-refractivity contribution in [1.82, 2.24) is 0 Å². The first-order valence-corrected chi connectivity index (χ1v) is 8.12. The lowest BCUT2D eigenvalue weighted by atomic mass is 9.89. The highest BCUT2D eigenvalue weighted by Crippen LogP contribution is 2.26. The van der Waals surface area contributed by atoms with Crippen LogP contribution in [0.2, 0.25) is 0 Å². The minimum Gasteiger partial charge on any atom is -0.326 e. The van der Waals surface area contributed by atoms with Gasteiger partial charge in [0.2, 0.25) is 5.91 Å². The second kappa shape index (κ2) is 7.39. The molecule has 1 heterocycles. The van der Waals surface area contributed by atoms with Crippen LogP contribution in [0.1, 0.15) is 68.3 Å². The minimum absolute atomic E-state index is 0.0715. The summed E-state index contributed by atoms with van der Waals surface area (Å²) in [5.74, 6) is 0.454. The minimum atomic E-state index is 0.0715. The molecule has 114 valence electrons. The molecule has 0 saturated carbocycles. The number of amides is 1. The molecule has 1 aromatic carbocycles. The summed E-state index contributed by atoms with van der Waals surface area (Å²) in [5, 5.41) is 2.92. The van der Waals surface area contributed by atoms with E-state index in [9.17, 15) is 9.59 Å². The Morgan fingerprint density at radius 3 is 2.81 bits per heavy atom. The van der Waals surface area contributed by atoms with E-state index in [4.69, 9.17) is 0 Å². The van der Waals surface area contributed by atoms with Crippen molar-refractivity contribution in [2.24, 2.45) is 5.92 Å². The molecule has 0 aromatic heterocycles. The maximum atomic E-state index is 12.6. The standard InChI is InChI=1S/C18H25NO2/c1-3-5-7-13(4-2)18(21)15-10-11-16-14(12-15)8-6-9-17(20)19-16/h10-13H,3-9H2,1-2H3,(H,19,20). The first-order chi connectivity index (χ1) is 10.2. The maximum Gasteiger partial charge on any atom is 0.224 e. The van der Waals surface area contributed by atoms with Gasteiger partial charge in [0.25, 0.3) is 0 Å². The Morgan fingerprint density at radius 1 is 1.29 bits per heavy atom. The van der Waals surface area contributed by atoms with E-state index >= 15 is 0 Å². The Labute approximate surface area is 127 Å². The van der Waals surface area contributed by atoms with Crippen molar-refractivity contribution in [1.29, 1.82) is 0 Å². The fraction of sp³-hybridized carbons (Fsp3) is 0.556. The van der Waals surface area contributed by atoms with Gasteiger partial charge >= 0.3 is 0 Å². The van der Waals surface area contributed by atoms with Gasteiger partial charge in [0.1, 0.15) is 0 Å². The number of carbonyl (C=O) groups excluding carboxylic acids is 2. The second-order valence-electron chi connectivity index (χ2n) is 5.89. The number of ketones is 1. The van der Waals surface area contributed by atoms with Gasteiger partial charge in [-0.25, -0.2) is 0 Å². The Balaban J connectivity index is 2.18. The molecule has 1 aromatic rings. The molecule has 0 radical (unpaired) electrons. The van der Waals surface area contributed by atoms with Gasteiger partial charge in [-0.15, -0.1) is 0 Å². The van der Waals surface area contributed by atoms with Crippen LogP contribution in [0.5, 0.6) is 0 Å². The molecule has 2 rings (SSSR count). The summed E-state index contributed by atoms with van der Waals surface area (Å²) in [6.45, 7) is 4.24. The molecule has 3 heteroatoms. The summed E-state index contributed by atoms with van der Waals surface area (Å²) in [5.41, 5.74) is 2.76. The van der Waals surface area contributed by atoms with Gasteiger partial charge in [0.15, 0.2) is 5.78 Å². The normalized spacial score (nSPS) is 15.8. The summed E-state index contributed by atoms with van der Waals surface area (Å²) in [7, 11) is 0. The SMILES string of the molecule is CCCCC(CC)C(=O)c1ccc2c(c1)CCCC(=O)N2. The summed E-state index contributed by atoms with van der Waals surface area (Å²) < 4.78 is 0. The smallest absolute Gasteiger partial charge is 0.224 e.